The SMILES string of the molecule is O=C(N[C@@H]1CCN(c2nccn3cnnc23)C1)[C@H]1CC(=O)N(c2ccccc2)C1. The molecule has 2 aliphatic heterocycles. The van der Waals surface area contributed by atoms with Gasteiger partial charge in [-0.15, -0.1) is 10.2 Å². The number of fused-ring (bicyclic) bond motifs is 1. The Morgan fingerprint density at radius 2 is 2.03 bits per heavy atom. The highest BCUT2D eigenvalue weighted by molar-refractivity contribution is 6.00. The van der Waals surface area contributed by atoms with Crippen LogP contribution in [0.5, 0.6) is 0 Å². The van der Waals surface area contributed by atoms with Crippen LogP contribution in [-0.2, 0) is 9.59 Å². The van der Waals surface area contributed by atoms with Crippen molar-refractivity contribution in [2.45, 2.75) is 18.9 Å². The lowest BCUT2D eigenvalue weighted by Gasteiger charge is -2.19. The first kappa shape index (κ1) is 17.6. The Hall–Kier alpha value is -3.49. The van der Waals surface area contributed by atoms with Gasteiger partial charge in [0.15, 0.2) is 5.82 Å². The molecular formula is C20H21N7O2. The van der Waals surface area contributed by atoms with Crippen LogP contribution >= 0.6 is 0 Å². The van der Waals surface area contributed by atoms with E-state index in [0.29, 0.717) is 18.7 Å². The number of carbonyl (C=O) groups excluding carboxylic acids is 2. The number of benzene rings is 1. The second-order valence-corrected chi connectivity index (χ2v) is 7.49. The van der Waals surface area contributed by atoms with Crippen LogP contribution < -0.4 is 15.1 Å². The first-order valence-corrected chi connectivity index (χ1v) is 9.74. The predicted octanol–water partition coefficient (Wildman–Crippen LogP) is 0.872. The van der Waals surface area contributed by atoms with Crippen molar-refractivity contribution < 1.29 is 9.59 Å². The first-order valence-electron chi connectivity index (χ1n) is 9.74. The lowest BCUT2D eigenvalue weighted by molar-refractivity contribution is -0.126. The molecule has 2 amide bonds. The summed E-state index contributed by atoms with van der Waals surface area (Å²) in [4.78, 5) is 33.4. The number of aromatic nitrogens is 4. The average Bonchev–Trinajstić information content (AvgIpc) is 3.47. The van der Waals surface area contributed by atoms with E-state index in [9.17, 15) is 9.59 Å². The topological polar surface area (TPSA) is 95.7 Å². The van der Waals surface area contributed by atoms with Gasteiger partial charge in [0.2, 0.25) is 17.5 Å². The minimum atomic E-state index is -0.324. The zero-order valence-corrected chi connectivity index (χ0v) is 15.8. The molecule has 0 radical (unpaired) electrons. The van der Waals surface area contributed by atoms with E-state index in [1.54, 1.807) is 17.4 Å². The highest BCUT2D eigenvalue weighted by Gasteiger charge is 2.36. The highest BCUT2D eigenvalue weighted by Crippen LogP contribution is 2.26. The molecule has 9 heteroatoms. The van der Waals surface area contributed by atoms with Gasteiger partial charge in [-0.3, -0.25) is 14.0 Å². The van der Waals surface area contributed by atoms with Crippen LogP contribution in [0.2, 0.25) is 0 Å². The number of nitrogens with zero attached hydrogens (tertiary/aromatic N) is 6. The Morgan fingerprint density at radius 1 is 1.17 bits per heavy atom. The highest BCUT2D eigenvalue weighted by atomic mass is 16.2. The number of nitrogens with one attached hydrogen (secondary N) is 1. The summed E-state index contributed by atoms with van der Waals surface area (Å²) in [5, 5.41) is 11.2. The maximum Gasteiger partial charge on any atom is 0.227 e. The van der Waals surface area contributed by atoms with Gasteiger partial charge in [-0.2, -0.15) is 0 Å². The van der Waals surface area contributed by atoms with Gasteiger partial charge in [-0.05, 0) is 18.6 Å². The Kier molecular flexibility index (Phi) is 4.34. The molecule has 2 aromatic heterocycles. The van der Waals surface area contributed by atoms with E-state index in [2.05, 4.69) is 25.4 Å². The van der Waals surface area contributed by atoms with Crippen molar-refractivity contribution >= 4 is 29.0 Å². The van der Waals surface area contributed by atoms with Gasteiger partial charge in [-0.1, -0.05) is 18.2 Å². The predicted molar refractivity (Wildman–Crippen MR) is 106 cm³/mol. The van der Waals surface area contributed by atoms with Gasteiger partial charge >= 0.3 is 0 Å². The van der Waals surface area contributed by atoms with Crippen LogP contribution in [0.25, 0.3) is 5.65 Å². The van der Waals surface area contributed by atoms with Crippen molar-refractivity contribution in [1.29, 1.82) is 0 Å². The third-order valence-electron chi connectivity index (χ3n) is 5.60. The summed E-state index contributed by atoms with van der Waals surface area (Å²) in [6.45, 7) is 1.87. The summed E-state index contributed by atoms with van der Waals surface area (Å²) >= 11 is 0. The van der Waals surface area contributed by atoms with Gasteiger partial charge in [0.1, 0.15) is 6.33 Å². The molecule has 5 rings (SSSR count). The molecule has 2 saturated heterocycles. The van der Waals surface area contributed by atoms with Crippen molar-refractivity contribution in [3.05, 3.63) is 49.1 Å². The van der Waals surface area contributed by atoms with Crippen LogP contribution in [-0.4, -0.2) is 57.1 Å². The Labute approximate surface area is 167 Å². The molecule has 2 atom stereocenters. The molecule has 29 heavy (non-hydrogen) atoms. The van der Waals surface area contributed by atoms with Crippen molar-refractivity contribution in [3.63, 3.8) is 0 Å². The van der Waals surface area contributed by atoms with Crippen LogP contribution in [0.1, 0.15) is 12.8 Å². The molecule has 0 aliphatic carbocycles. The van der Waals surface area contributed by atoms with Crippen LogP contribution in [0.4, 0.5) is 11.5 Å². The molecule has 1 N–H and O–H groups in total. The normalized spacial score (nSPS) is 21.9. The molecule has 148 valence electrons. The average molecular weight is 391 g/mol. The number of hydrogen-bond acceptors (Lipinski definition) is 6. The fraction of sp³-hybridized carbons (Fsp3) is 0.350. The monoisotopic (exact) mass is 391 g/mol. The van der Waals surface area contributed by atoms with Gasteiger partial charge in [0.25, 0.3) is 0 Å². The molecule has 4 heterocycles. The number of rotatable bonds is 4. The number of carbonyl (C=O) groups is 2. The zero-order valence-electron chi connectivity index (χ0n) is 15.8. The lowest BCUT2D eigenvalue weighted by atomic mass is 10.1. The van der Waals surface area contributed by atoms with E-state index in [4.69, 9.17) is 0 Å². The fourth-order valence-electron chi connectivity index (χ4n) is 4.10. The van der Waals surface area contributed by atoms with Gasteiger partial charge in [0, 0.05) is 50.2 Å². The standard InChI is InChI=1S/C20H21N7O2/c28-17-10-14(11-27(17)16-4-2-1-3-5-16)20(29)23-15-6-8-25(12-15)18-19-24-22-13-26(19)9-7-21-18/h1-5,7,9,13-15H,6,8,10-12H2,(H,23,29)/t14-,15+/m0/s1. The summed E-state index contributed by atoms with van der Waals surface area (Å²) in [6, 6.07) is 9.51. The second kappa shape index (κ2) is 7.16. The van der Waals surface area contributed by atoms with Crippen LogP contribution in [0, 0.1) is 5.92 Å². The third kappa shape index (κ3) is 3.28. The molecule has 0 spiro atoms. The van der Waals surface area contributed by atoms with Gasteiger partial charge in [0.05, 0.1) is 5.92 Å². The molecule has 0 saturated carbocycles. The fourth-order valence-corrected chi connectivity index (χ4v) is 4.10. The lowest BCUT2D eigenvalue weighted by Crippen LogP contribution is -2.41. The molecule has 0 bridgehead atoms. The van der Waals surface area contributed by atoms with Crippen LogP contribution in [0.15, 0.2) is 49.1 Å². The largest absolute Gasteiger partial charge is 0.351 e. The first-order chi connectivity index (χ1) is 14.2. The van der Waals surface area contributed by atoms with Crippen molar-refractivity contribution in [1.82, 2.24) is 24.9 Å². The minimum absolute atomic E-state index is 0.00733. The summed E-state index contributed by atoms with van der Waals surface area (Å²) in [6.07, 6.45) is 6.25. The number of para-hydroxylation sites is 1. The third-order valence-corrected chi connectivity index (χ3v) is 5.60. The summed E-state index contributed by atoms with van der Waals surface area (Å²) in [5.74, 6) is 0.382. The van der Waals surface area contributed by atoms with Gasteiger partial charge < -0.3 is 15.1 Å². The molecule has 3 aromatic rings. The van der Waals surface area contributed by atoms with Gasteiger partial charge in [-0.25, -0.2) is 4.98 Å². The smallest absolute Gasteiger partial charge is 0.227 e. The van der Waals surface area contributed by atoms with Crippen LogP contribution in [0.3, 0.4) is 0 Å². The Morgan fingerprint density at radius 3 is 2.90 bits per heavy atom. The van der Waals surface area contributed by atoms with Crippen molar-refractivity contribution in [2.24, 2.45) is 5.92 Å². The molecule has 0 unspecified atom stereocenters. The van der Waals surface area contributed by atoms with Crippen molar-refractivity contribution in [2.75, 3.05) is 29.4 Å². The summed E-state index contributed by atoms with van der Waals surface area (Å²) < 4.78 is 1.83. The van der Waals surface area contributed by atoms with E-state index >= 15 is 0 Å². The van der Waals surface area contributed by atoms with E-state index in [1.807, 2.05) is 40.9 Å². The zero-order chi connectivity index (χ0) is 19.8. The molecular weight excluding hydrogens is 370 g/mol. The molecule has 2 aliphatic rings. The van der Waals surface area contributed by atoms with E-state index in [0.717, 1.165) is 24.5 Å². The number of anilines is 2. The maximum atomic E-state index is 12.8. The second-order valence-electron chi connectivity index (χ2n) is 7.49. The summed E-state index contributed by atoms with van der Waals surface area (Å²) in [7, 11) is 0. The minimum Gasteiger partial charge on any atom is -0.351 e. The Balaban J connectivity index is 1.22. The molecule has 9 nitrogen and oxygen atoms in total. The van der Waals surface area contributed by atoms with Crippen molar-refractivity contribution in [3.8, 4) is 0 Å². The Bertz CT molecular complexity index is 1050. The van der Waals surface area contributed by atoms with E-state index in [-0.39, 0.29) is 30.2 Å². The maximum absolute atomic E-state index is 12.8. The number of hydrogen-bond donors (Lipinski definition) is 1. The number of amides is 2. The van der Waals surface area contributed by atoms with E-state index in [1.165, 1.54) is 0 Å². The molecule has 2 fully saturated rings. The quantitative estimate of drug-likeness (QED) is 0.709. The van der Waals surface area contributed by atoms with E-state index < -0.39 is 0 Å². The molecule has 1 aromatic carbocycles. The summed E-state index contributed by atoms with van der Waals surface area (Å²) in [5.41, 5.74) is 1.55.